The maximum Gasteiger partial charge on any atom is 0.0830 e. The fraction of sp³-hybridized carbons (Fsp3) is 1.00. The predicted molar refractivity (Wildman–Crippen MR) is 69.2 cm³/mol. The molecule has 1 N–H and O–H groups in total. The van der Waals surface area contributed by atoms with Gasteiger partial charge in [0.1, 0.15) is 0 Å². The highest BCUT2D eigenvalue weighted by Crippen LogP contribution is 2.36. The Bertz CT molecular complexity index is 224. The fourth-order valence-corrected chi connectivity index (χ4v) is 2.95. The molecule has 2 atom stereocenters. The largest absolute Gasteiger partial charge is 0.379 e. The molecule has 3 nitrogen and oxygen atoms in total. The van der Waals surface area contributed by atoms with E-state index in [9.17, 15) is 0 Å². The SMILES string of the molecule is CC1(C)CCC[C@@H]1NCCCO[C@H]1CCOC1. The van der Waals surface area contributed by atoms with E-state index >= 15 is 0 Å². The first-order chi connectivity index (χ1) is 8.18. The average Bonchev–Trinajstić information content (AvgIpc) is 2.88. The van der Waals surface area contributed by atoms with Crippen LogP contribution in [0.2, 0.25) is 0 Å². The zero-order chi connectivity index (χ0) is 12.1. The first kappa shape index (κ1) is 13.3. The van der Waals surface area contributed by atoms with E-state index in [2.05, 4.69) is 19.2 Å². The van der Waals surface area contributed by atoms with Gasteiger partial charge in [-0.2, -0.15) is 0 Å². The normalized spacial score (nSPS) is 32.1. The monoisotopic (exact) mass is 241 g/mol. The quantitative estimate of drug-likeness (QED) is 0.724. The van der Waals surface area contributed by atoms with Gasteiger partial charge >= 0.3 is 0 Å². The van der Waals surface area contributed by atoms with Gasteiger partial charge in [-0.05, 0) is 37.6 Å². The molecule has 1 heterocycles. The number of nitrogens with one attached hydrogen (secondary N) is 1. The van der Waals surface area contributed by atoms with Crippen LogP contribution in [-0.2, 0) is 9.47 Å². The molecular weight excluding hydrogens is 214 g/mol. The van der Waals surface area contributed by atoms with Crippen LogP contribution in [0.15, 0.2) is 0 Å². The third-order valence-electron chi connectivity index (χ3n) is 4.21. The maximum absolute atomic E-state index is 5.75. The minimum atomic E-state index is 0.359. The summed E-state index contributed by atoms with van der Waals surface area (Å²) in [5.74, 6) is 0. The van der Waals surface area contributed by atoms with Crippen LogP contribution in [0.25, 0.3) is 0 Å². The Morgan fingerprint density at radius 2 is 2.24 bits per heavy atom. The Morgan fingerprint density at radius 1 is 1.35 bits per heavy atom. The van der Waals surface area contributed by atoms with Gasteiger partial charge in [0, 0.05) is 19.3 Å². The summed E-state index contributed by atoms with van der Waals surface area (Å²) >= 11 is 0. The highest BCUT2D eigenvalue weighted by Gasteiger charge is 2.33. The Morgan fingerprint density at radius 3 is 2.88 bits per heavy atom. The Kier molecular flexibility index (Phi) is 4.83. The van der Waals surface area contributed by atoms with Crippen molar-refractivity contribution in [2.75, 3.05) is 26.4 Å². The Hall–Kier alpha value is -0.120. The second kappa shape index (κ2) is 6.17. The van der Waals surface area contributed by atoms with Crippen molar-refractivity contribution < 1.29 is 9.47 Å². The van der Waals surface area contributed by atoms with E-state index in [0.29, 0.717) is 17.6 Å². The first-order valence-electron chi connectivity index (χ1n) is 7.11. The van der Waals surface area contributed by atoms with Gasteiger partial charge in [0.15, 0.2) is 0 Å². The zero-order valence-corrected chi connectivity index (χ0v) is 11.3. The van der Waals surface area contributed by atoms with Crippen LogP contribution in [0.1, 0.15) is 46.0 Å². The van der Waals surface area contributed by atoms with E-state index < -0.39 is 0 Å². The Labute approximate surface area is 105 Å². The first-order valence-corrected chi connectivity index (χ1v) is 7.11. The lowest BCUT2D eigenvalue weighted by Crippen LogP contribution is -2.38. The number of hydrogen-bond acceptors (Lipinski definition) is 3. The van der Waals surface area contributed by atoms with Gasteiger partial charge in [-0.15, -0.1) is 0 Å². The number of hydrogen-bond donors (Lipinski definition) is 1. The molecule has 100 valence electrons. The van der Waals surface area contributed by atoms with E-state index in [4.69, 9.17) is 9.47 Å². The molecule has 2 rings (SSSR count). The summed E-state index contributed by atoms with van der Waals surface area (Å²) in [5.41, 5.74) is 0.486. The van der Waals surface area contributed by atoms with Crippen LogP contribution in [0.4, 0.5) is 0 Å². The van der Waals surface area contributed by atoms with Gasteiger partial charge in [-0.1, -0.05) is 20.3 Å². The predicted octanol–water partition coefficient (Wildman–Crippen LogP) is 2.35. The maximum atomic E-state index is 5.75. The molecule has 3 heteroatoms. The average molecular weight is 241 g/mol. The second-order valence-electron chi connectivity index (χ2n) is 6.10. The lowest BCUT2D eigenvalue weighted by Gasteiger charge is -2.28. The van der Waals surface area contributed by atoms with E-state index in [0.717, 1.165) is 39.2 Å². The molecule has 0 spiro atoms. The van der Waals surface area contributed by atoms with Crippen molar-refractivity contribution in [3.63, 3.8) is 0 Å². The van der Waals surface area contributed by atoms with Crippen molar-refractivity contribution in [3.05, 3.63) is 0 Å². The molecule has 0 aromatic carbocycles. The lowest BCUT2D eigenvalue weighted by molar-refractivity contribution is 0.0410. The van der Waals surface area contributed by atoms with Crippen molar-refractivity contribution in [1.29, 1.82) is 0 Å². The molecular formula is C14H27NO2. The van der Waals surface area contributed by atoms with E-state index in [1.165, 1.54) is 19.3 Å². The number of rotatable bonds is 6. The summed E-state index contributed by atoms with van der Waals surface area (Å²) in [6.07, 6.45) is 6.62. The van der Waals surface area contributed by atoms with Crippen molar-refractivity contribution in [2.24, 2.45) is 5.41 Å². The highest BCUT2D eigenvalue weighted by atomic mass is 16.5. The fourth-order valence-electron chi connectivity index (χ4n) is 2.95. The summed E-state index contributed by atoms with van der Waals surface area (Å²) in [4.78, 5) is 0. The molecule has 2 fully saturated rings. The smallest absolute Gasteiger partial charge is 0.0830 e. The standard InChI is InChI=1S/C14H27NO2/c1-14(2)7-3-5-13(14)15-8-4-9-17-12-6-10-16-11-12/h12-13,15H,3-11H2,1-2H3/t12-,13-/m0/s1. The van der Waals surface area contributed by atoms with Crippen LogP contribution in [0.5, 0.6) is 0 Å². The molecule has 1 aliphatic heterocycles. The molecule has 1 saturated carbocycles. The summed E-state index contributed by atoms with van der Waals surface area (Å²) in [5, 5.41) is 3.69. The van der Waals surface area contributed by atoms with Crippen LogP contribution >= 0.6 is 0 Å². The van der Waals surface area contributed by atoms with Crippen molar-refractivity contribution in [1.82, 2.24) is 5.32 Å². The molecule has 0 aromatic rings. The Balaban J connectivity index is 1.51. The van der Waals surface area contributed by atoms with Crippen molar-refractivity contribution in [3.8, 4) is 0 Å². The van der Waals surface area contributed by atoms with E-state index in [-0.39, 0.29) is 0 Å². The van der Waals surface area contributed by atoms with Gasteiger partial charge in [0.2, 0.25) is 0 Å². The van der Waals surface area contributed by atoms with Gasteiger partial charge in [-0.25, -0.2) is 0 Å². The minimum Gasteiger partial charge on any atom is -0.379 e. The summed E-state index contributed by atoms with van der Waals surface area (Å²) in [6.45, 7) is 8.38. The molecule has 0 unspecified atom stereocenters. The van der Waals surface area contributed by atoms with Crippen LogP contribution < -0.4 is 5.32 Å². The van der Waals surface area contributed by atoms with Gasteiger partial charge in [-0.3, -0.25) is 0 Å². The summed E-state index contributed by atoms with van der Waals surface area (Å²) in [7, 11) is 0. The highest BCUT2D eigenvalue weighted by molar-refractivity contribution is 4.89. The molecule has 0 aromatic heterocycles. The lowest BCUT2D eigenvalue weighted by atomic mass is 9.87. The number of ether oxygens (including phenoxy) is 2. The minimum absolute atomic E-state index is 0.359. The molecule has 1 saturated heterocycles. The van der Waals surface area contributed by atoms with Crippen molar-refractivity contribution in [2.45, 2.75) is 58.1 Å². The molecule has 0 amide bonds. The molecule has 0 radical (unpaired) electrons. The van der Waals surface area contributed by atoms with Gasteiger partial charge < -0.3 is 14.8 Å². The summed E-state index contributed by atoms with van der Waals surface area (Å²) in [6, 6.07) is 0.706. The van der Waals surface area contributed by atoms with Crippen LogP contribution in [0.3, 0.4) is 0 Å². The van der Waals surface area contributed by atoms with E-state index in [1.807, 2.05) is 0 Å². The molecule has 1 aliphatic carbocycles. The molecule has 17 heavy (non-hydrogen) atoms. The van der Waals surface area contributed by atoms with Crippen LogP contribution in [0, 0.1) is 5.41 Å². The zero-order valence-electron chi connectivity index (χ0n) is 11.3. The third-order valence-corrected chi connectivity index (χ3v) is 4.21. The second-order valence-corrected chi connectivity index (χ2v) is 6.10. The van der Waals surface area contributed by atoms with Gasteiger partial charge in [0.05, 0.1) is 12.7 Å². The summed E-state index contributed by atoms with van der Waals surface area (Å²) < 4.78 is 11.0. The van der Waals surface area contributed by atoms with Crippen molar-refractivity contribution >= 4 is 0 Å². The molecule has 0 bridgehead atoms. The topological polar surface area (TPSA) is 30.5 Å². The third kappa shape index (κ3) is 3.94. The van der Waals surface area contributed by atoms with E-state index in [1.54, 1.807) is 0 Å². The van der Waals surface area contributed by atoms with Crippen LogP contribution in [-0.4, -0.2) is 38.5 Å². The molecule has 2 aliphatic rings. The van der Waals surface area contributed by atoms with Gasteiger partial charge in [0.25, 0.3) is 0 Å².